The van der Waals surface area contributed by atoms with Gasteiger partial charge in [0.25, 0.3) is 0 Å². The Morgan fingerprint density at radius 1 is 1.52 bits per heavy atom. The van der Waals surface area contributed by atoms with E-state index in [1.807, 2.05) is 0 Å². The molecule has 7 heteroatoms. The van der Waals surface area contributed by atoms with Gasteiger partial charge in [-0.3, -0.25) is 4.79 Å². The van der Waals surface area contributed by atoms with Crippen LogP contribution in [0, 0.1) is 0 Å². The molecule has 0 spiro atoms. The van der Waals surface area contributed by atoms with Crippen molar-refractivity contribution in [2.45, 2.75) is 32.7 Å². The summed E-state index contributed by atoms with van der Waals surface area (Å²) in [5, 5.41) is 9.00. The quantitative estimate of drug-likeness (QED) is 0.794. The number of aryl methyl sites for hydroxylation is 1. The number of hydrogen-bond acceptors (Lipinski definition) is 4. The highest BCUT2D eigenvalue weighted by molar-refractivity contribution is 6.31. The molecule has 21 heavy (non-hydrogen) atoms. The Labute approximate surface area is 126 Å². The zero-order chi connectivity index (χ0) is 15.4. The number of aromatic carboxylic acids is 1. The first-order valence-corrected chi connectivity index (χ1v) is 6.96. The van der Waals surface area contributed by atoms with Crippen LogP contribution in [-0.2, 0) is 13.0 Å². The van der Waals surface area contributed by atoms with Gasteiger partial charge in [0.2, 0.25) is 5.76 Å². The molecule has 112 valence electrons. The molecule has 0 bridgehead atoms. The molecular weight excluding hydrogens is 296 g/mol. The van der Waals surface area contributed by atoms with E-state index in [-0.39, 0.29) is 23.2 Å². The second-order valence-electron chi connectivity index (χ2n) is 4.58. The molecule has 1 N–H and O–H groups in total. The summed E-state index contributed by atoms with van der Waals surface area (Å²) in [4.78, 5) is 26.2. The van der Waals surface area contributed by atoms with Crippen LogP contribution in [0.25, 0.3) is 0 Å². The molecule has 0 radical (unpaired) electrons. The van der Waals surface area contributed by atoms with Gasteiger partial charge < -0.3 is 14.1 Å². The molecule has 0 saturated heterocycles. The number of nitrogens with zero attached hydrogens (tertiary/aromatic N) is 2. The van der Waals surface area contributed by atoms with Crippen LogP contribution in [0.4, 0.5) is 0 Å². The molecule has 0 amide bonds. The molecule has 6 nitrogen and oxygen atoms in total. The lowest BCUT2D eigenvalue weighted by molar-refractivity contribution is 0.0660. The Morgan fingerprint density at radius 2 is 2.29 bits per heavy atom. The number of carboxylic acids is 1. The SMILES string of the molecule is CCCCc1nc(Cl)c(C=O)n1Cc1ccc(C(=O)O)o1. The van der Waals surface area contributed by atoms with Crippen molar-refractivity contribution in [2.24, 2.45) is 0 Å². The van der Waals surface area contributed by atoms with Crippen molar-refractivity contribution in [1.82, 2.24) is 9.55 Å². The molecule has 2 heterocycles. The highest BCUT2D eigenvalue weighted by Gasteiger charge is 2.17. The fourth-order valence-electron chi connectivity index (χ4n) is 2.03. The maximum Gasteiger partial charge on any atom is 0.371 e. The second-order valence-corrected chi connectivity index (χ2v) is 4.94. The molecule has 2 aromatic rings. The molecule has 2 aromatic heterocycles. The number of unbranched alkanes of at least 4 members (excludes halogenated alkanes) is 1. The Kier molecular flexibility index (Phi) is 4.80. The van der Waals surface area contributed by atoms with E-state index in [0.717, 1.165) is 12.8 Å². The Balaban J connectivity index is 2.31. The third kappa shape index (κ3) is 3.33. The summed E-state index contributed by atoms with van der Waals surface area (Å²) in [6.07, 6.45) is 3.25. The lowest BCUT2D eigenvalue weighted by Gasteiger charge is -2.07. The Morgan fingerprint density at radius 3 is 2.86 bits per heavy atom. The summed E-state index contributed by atoms with van der Waals surface area (Å²) < 4.78 is 6.87. The molecule has 0 fully saturated rings. The van der Waals surface area contributed by atoms with Gasteiger partial charge in [-0.05, 0) is 18.6 Å². The number of carboxylic acid groups (broad SMARTS) is 1. The third-order valence-corrected chi connectivity index (χ3v) is 3.37. The van der Waals surface area contributed by atoms with Crippen LogP contribution in [-0.4, -0.2) is 26.9 Å². The average Bonchev–Trinajstić information content (AvgIpc) is 3.02. The van der Waals surface area contributed by atoms with Gasteiger partial charge in [-0.1, -0.05) is 24.9 Å². The smallest absolute Gasteiger partial charge is 0.371 e. The number of aldehydes is 1. The first kappa shape index (κ1) is 15.3. The molecule has 0 aliphatic rings. The monoisotopic (exact) mass is 310 g/mol. The van der Waals surface area contributed by atoms with E-state index in [0.29, 0.717) is 24.3 Å². The molecule has 0 atom stereocenters. The van der Waals surface area contributed by atoms with E-state index in [1.165, 1.54) is 6.07 Å². The number of hydrogen-bond donors (Lipinski definition) is 1. The van der Waals surface area contributed by atoms with Crippen molar-refractivity contribution >= 4 is 23.9 Å². The van der Waals surface area contributed by atoms with Crippen LogP contribution in [0.15, 0.2) is 16.5 Å². The summed E-state index contributed by atoms with van der Waals surface area (Å²) in [6.45, 7) is 2.28. The maximum atomic E-state index is 11.2. The number of imidazole rings is 1. The largest absolute Gasteiger partial charge is 0.475 e. The first-order chi connectivity index (χ1) is 10.1. The van der Waals surface area contributed by atoms with Crippen LogP contribution in [0.3, 0.4) is 0 Å². The Bertz CT molecular complexity index is 660. The number of carbonyl (C=O) groups is 2. The van der Waals surface area contributed by atoms with Crippen molar-refractivity contribution < 1.29 is 19.1 Å². The number of carbonyl (C=O) groups excluding carboxylic acids is 1. The van der Waals surface area contributed by atoms with Crippen molar-refractivity contribution in [2.75, 3.05) is 0 Å². The topological polar surface area (TPSA) is 85.3 Å². The summed E-state index contributed by atoms with van der Waals surface area (Å²) >= 11 is 5.96. The van der Waals surface area contributed by atoms with Gasteiger partial charge in [-0.2, -0.15) is 0 Å². The predicted octanol–water partition coefficient (Wildman–Crippen LogP) is 3.03. The average molecular weight is 311 g/mol. The van der Waals surface area contributed by atoms with E-state index in [1.54, 1.807) is 10.6 Å². The number of halogens is 1. The Hall–Kier alpha value is -2.08. The van der Waals surface area contributed by atoms with Gasteiger partial charge >= 0.3 is 5.97 Å². The molecule has 0 aliphatic carbocycles. The van der Waals surface area contributed by atoms with Crippen molar-refractivity contribution in [3.05, 3.63) is 40.3 Å². The van der Waals surface area contributed by atoms with Gasteiger partial charge in [-0.15, -0.1) is 0 Å². The number of furan rings is 1. The fourth-order valence-corrected chi connectivity index (χ4v) is 2.27. The normalized spacial score (nSPS) is 10.8. The van der Waals surface area contributed by atoms with Crippen LogP contribution in [0.2, 0.25) is 5.15 Å². The molecule has 0 aliphatic heterocycles. The number of aromatic nitrogens is 2. The maximum absolute atomic E-state index is 11.2. The van der Waals surface area contributed by atoms with E-state index in [2.05, 4.69) is 11.9 Å². The minimum atomic E-state index is -1.13. The highest BCUT2D eigenvalue weighted by atomic mass is 35.5. The first-order valence-electron chi connectivity index (χ1n) is 6.58. The van der Waals surface area contributed by atoms with Gasteiger partial charge in [-0.25, -0.2) is 9.78 Å². The van der Waals surface area contributed by atoms with E-state index >= 15 is 0 Å². The van der Waals surface area contributed by atoms with Crippen molar-refractivity contribution in [1.29, 1.82) is 0 Å². The summed E-state index contributed by atoms with van der Waals surface area (Å²) in [6, 6.07) is 2.94. The fraction of sp³-hybridized carbons (Fsp3) is 0.357. The molecule has 2 rings (SSSR count). The summed E-state index contributed by atoms with van der Waals surface area (Å²) in [5.41, 5.74) is 0.274. The molecular formula is C14H15ClN2O4. The summed E-state index contributed by atoms with van der Waals surface area (Å²) in [7, 11) is 0. The standard InChI is InChI=1S/C14H15ClN2O4/c1-2-3-4-12-16-13(15)10(8-18)17(12)7-9-5-6-11(21-9)14(19)20/h5-6,8H,2-4,7H2,1H3,(H,19,20). The van der Waals surface area contributed by atoms with Gasteiger partial charge in [0.15, 0.2) is 11.4 Å². The molecule has 0 unspecified atom stereocenters. The van der Waals surface area contributed by atoms with E-state index in [4.69, 9.17) is 21.1 Å². The van der Waals surface area contributed by atoms with E-state index in [9.17, 15) is 9.59 Å². The highest BCUT2D eigenvalue weighted by Crippen LogP contribution is 2.20. The van der Waals surface area contributed by atoms with E-state index < -0.39 is 5.97 Å². The van der Waals surface area contributed by atoms with Crippen LogP contribution in [0.5, 0.6) is 0 Å². The number of rotatable bonds is 7. The second kappa shape index (κ2) is 6.58. The van der Waals surface area contributed by atoms with Crippen molar-refractivity contribution in [3.8, 4) is 0 Å². The van der Waals surface area contributed by atoms with Crippen molar-refractivity contribution in [3.63, 3.8) is 0 Å². The van der Waals surface area contributed by atoms with Crippen LogP contribution in [0.1, 0.15) is 52.4 Å². The van der Waals surface area contributed by atoms with Gasteiger partial charge in [0.1, 0.15) is 17.3 Å². The van der Waals surface area contributed by atoms with Gasteiger partial charge in [0, 0.05) is 6.42 Å². The summed E-state index contributed by atoms with van der Waals surface area (Å²) in [5.74, 6) is -0.148. The van der Waals surface area contributed by atoms with Gasteiger partial charge in [0.05, 0.1) is 6.54 Å². The zero-order valence-electron chi connectivity index (χ0n) is 11.5. The lowest BCUT2D eigenvalue weighted by Crippen LogP contribution is -2.08. The molecule has 0 aromatic carbocycles. The van der Waals surface area contributed by atoms with Crippen LogP contribution < -0.4 is 0 Å². The molecule has 0 saturated carbocycles. The lowest BCUT2D eigenvalue weighted by atomic mass is 10.2. The minimum absolute atomic E-state index is 0.140. The minimum Gasteiger partial charge on any atom is -0.475 e. The van der Waals surface area contributed by atoms with Crippen LogP contribution >= 0.6 is 11.6 Å². The third-order valence-electron chi connectivity index (χ3n) is 3.09. The predicted molar refractivity (Wildman–Crippen MR) is 76.0 cm³/mol. The zero-order valence-corrected chi connectivity index (χ0v) is 12.3.